The topological polar surface area (TPSA) is 69.0 Å². The number of ether oxygens (including phenoxy) is 1. The standard InChI is InChI=1S/C18H18N4O2/c1-3-24-16-9-7-13(8-10-16)18(23)20-15-6-4-5-14(11-15)17-21-19-12-22(17)2/h4-12H,3H2,1-2H3,(H,20,23). The average molecular weight is 322 g/mol. The second-order valence-corrected chi connectivity index (χ2v) is 5.26. The van der Waals surface area contributed by atoms with Crippen LogP contribution in [0.25, 0.3) is 11.4 Å². The number of rotatable bonds is 5. The van der Waals surface area contributed by atoms with Crippen molar-refractivity contribution in [1.29, 1.82) is 0 Å². The number of benzene rings is 2. The van der Waals surface area contributed by atoms with Crippen LogP contribution >= 0.6 is 0 Å². The first kappa shape index (κ1) is 15.7. The number of nitrogens with zero attached hydrogens (tertiary/aromatic N) is 3. The van der Waals surface area contributed by atoms with Gasteiger partial charge < -0.3 is 14.6 Å². The molecule has 24 heavy (non-hydrogen) atoms. The van der Waals surface area contributed by atoms with Crippen molar-refractivity contribution in [1.82, 2.24) is 14.8 Å². The Morgan fingerprint density at radius 2 is 2.00 bits per heavy atom. The number of carbonyl (C=O) groups is 1. The molecular weight excluding hydrogens is 304 g/mol. The molecule has 0 saturated heterocycles. The summed E-state index contributed by atoms with van der Waals surface area (Å²) in [6, 6.07) is 14.6. The molecule has 0 saturated carbocycles. The van der Waals surface area contributed by atoms with E-state index >= 15 is 0 Å². The van der Waals surface area contributed by atoms with Crippen molar-refractivity contribution in [3.05, 3.63) is 60.4 Å². The Morgan fingerprint density at radius 1 is 1.21 bits per heavy atom. The van der Waals surface area contributed by atoms with Gasteiger partial charge in [0.25, 0.3) is 5.91 Å². The zero-order valence-electron chi connectivity index (χ0n) is 13.6. The average Bonchev–Trinajstić information content (AvgIpc) is 3.02. The minimum atomic E-state index is -0.173. The molecular formula is C18H18N4O2. The van der Waals surface area contributed by atoms with E-state index in [0.717, 1.165) is 17.1 Å². The van der Waals surface area contributed by atoms with E-state index in [1.165, 1.54) is 0 Å². The molecule has 1 aromatic heterocycles. The number of aryl methyl sites for hydroxylation is 1. The summed E-state index contributed by atoms with van der Waals surface area (Å²) in [6.07, 6.45) is 1.64. The molecule has 0 aliphatic carbocycles. The molecule has 2 aromatic carbocycles. The molecule has 3 rings (SSSR count). The molecule has 1 heterocycles. The molecule has 0 radical (unpaired) electrons. The maximum absolute atomic E-state index is 12.4. The minimum absolute atomic E-state index is 0.173. The van der Waals surface area contributed by atoms with Gasteiger partial charge in [-0.05, 0) is 43.3 Å². The normalized spacial score (nSPS) is 10.4. The van der Waals surface area contributed by atoms with Crippen molar-refractivity contribution in [3.8, 4) is 17.1 Å². The van der Waals surface area contributed by atoms with E-state index in [-0.39, 0.29) is 5.91 Å². The molecule has 6 heteroatoms. The van der Waals surface area contributed by atoms with E-state index in [0.29, 0.717) is 17.9 Å². The highest BCUT2D eigenvalue weighted by Crippen LogP contribution is 2.21. The highest BCUT2D eigenvalue weighted by molar-refractivity contribution is 6.04. The molecule has 1 amide bonds. The number of hydrogen-bond acceptors (Lipinski definition) is 4. The lowest BCUT2D eigenvalue weighted by Gasteiger charge is -2.08. The van der Waals surface area contributed by atoms with Crippen LogP contribution in [0.1, 0.15) is 17.3 Å². The summed E-state index contributed by atoms with van der Waals surface area (Å²) in [6.45, 7) is 2.52. The van der Waals surface area contributed by atoms with E-state index < -0.39 is 0 Å². The molecule has 0 aliphatic rings. The maximum atomic E-state index is 12.4. The quantitative estimate of drug-likeness (QED) is 0.783. The molecule has 1 N–H and O–H groups in total. The van der Waals surface area contributed by atoms with Crippen molar-refractivity contribution >= 4 is 11.6 Å². The zero-order valence-corrected chi connectivity index (χ0v) is 13.6. The van der Waals surface area contributed by atoms with Crippen LogP contribution in [0, 0.1) is 0 Å². The second kappa shape index (κ2) is 6.95. The number of hydrogen-bond donors (Lipinski definition) is 1. The van der Waals surface area contributed by atoms with Crippen LogP contribution in [0.15, 0.2) is 54.9 Å². The zero-order chi connectivity index (χ0) is 16.9. The number of aromatic nitrogens is 3. The van der Waals surface area contributed by atoms with E-state index in [1.54, 1.807) is 30.6 Å². The first-order valence-corrected chi connectivity index (χ1v) is 7.66. The number of carbonyl (C=O) groups excluding carboxylic acids is 1. The van der Waals surface area contributed by atoms with Crippen LogP contribution in [0.4, 0.5) is 5.69 Å². The van der Waals surface area contributed by atoms with Crippen LogP contribution in [-0.2, 0) is 7.05 Å². The Kier molecular flexibility index (Phi) is 4.56. The van der Waals surface area contributed by atoms with Gasteiger partial charge in [0.2, 0.25) is 0 Å². The van der Waals surface area contributed by atoms with Gasteiger partial charge in [-0.15, -0.1) is 10.2 Å². The Bertz CT molecular complexity index is 840. The summed E-state index contributed by atoms with van der Waals surface area (Å²) in [5, 5.41) is 10.8. The smallest absolute Gasteiger partial charge is 0.255 e. The van der Waals surface area contributed by atoms with Crippen molar-refractivity contribution in [2.75, 3.05) is 11.9 Å². The Morgan fingerprint density at radius 3 is 2.67 bits per heavy atom. The summed E-state index contributed by atoms with van der Waals surface area (Å²) in [5.41, 5.74) is 2.16. The Hall–Kier alpha value is -3.15. The van der Waals surface area contributed by atoms with Crippen LogP contribution in [0.3, 0.4) is 0 Å². The summed E-state index contributed by atoms with van der Waals surface area (Å²) < 4.78 is 7.21. The van der Waals surface area contributed by atoms with Gasteiger partial charge in [0.05, 0.1) is 6.61 Å². The molecule has 0 unspecified atom stereocenters. The fourth-order valence-electron chi connectivity index (χ4n) is 2.35. The van der Waals surface area contributed by atoms with Gasteiger partial charge in [-0.1, -0.05) is 12.1 Å². The second-order valence-electron chi connectivity index (χ2n) is 5.26. The van der Waals surface area contributed by atoms with Crippen LogP contribution < -0.4 is 10.1 Å². The first-order chi connectivity index (χ1) is 11.7. The Balaban J connectivity index is 1.76. The van der Waals surface area contributed by atoms with Gasteiger partial charge in [-0.2, -0.15) is 0 Å². The number of anilines is 1. The van der Waals surface area contributed by atoms with E-state index in [9.17, 15) is 4.79 Å². The molecule has 0 atom stereocenters. The molecule has 6 nitrogen and oxygen atoms in total. The lowest BCUT2D eigenvalue weighted by Crippen LogP contribution is -2.11. The minimum Gasteiger partial charge on any atom is -0.494 e. The molecule has 3 aromatic rings. The van der Waals surface area contributed by atoms with E-state index in [4.69, 9.17) is 4.74 Å². The summed E-state index contributed by atoms with van der Waals surface area (Å²) in [4.78, 5) is 12.4. The van der Waals surface area contributed by atoms with Gasteiger partial charge >= 0.3 is 0 Å². The van der Waals surface area contributed by atoms with Gasteiger partial charge in [0.1, 0.15) is 12.1 Å². The monoisotopic (exact) mass is 322 g/mol. The van der Waals surface area contributed by atoms with Gasteiger partial charge in [0, 0.05) is 23.9 Å². The fourth-order valence-corrected chi connectivity index (χ4v) is 2.35. The van der Waals surface area contributed by atoms with E-state index in [2.05, 4.69) is 15.5 Å². The third-order valence-electron chi connectivity index (χ3n) is 3.52. The number of amides is 1. The molecule has 0 aliphatic heterocycles. The van der Waals surface area contributed by atoms with Gasteiger partial charge in [-0.25, -0.2) is 0 Å². The maximum Gasteiger partial charge on any atom is 0.255 e. The SMILES string of the molecule is CCOc1ccc(C(=O)Nc2cccc(-c3nncn3C)c2)cc1. The van der Waals surface area contributed by atoms with Crippen LogP contribution in [-0.4, -0.2) is 27.3 Å². The van der Waals surface area contributed by atoms with Crippen molar-refractivity contribution in [3.63, 3.8) is 0 Å². The fraction of sp³-hybridized carbons (Fsp3) is 0.167. The van der Waals surface area contributed by atoms with Gasteiger partial charge in [0.15, 0.2) is 5.82 Å². The van der Waals surface area contributed by atoms with Crippen LogP contribution in [0.2, 0.25) is 0 Å². The third-order valence-corrected chi connectivity index (χ3v) is 3.52. The van der Waals surface area contributed by atoms with Crippen LogP contribution in [0.5, 0.6) is 5.75 Å². The molecule has 0 bridgehead atoms. The third kappa shape index (κ3) is 3.43. The van der Waals surface area contributed by atoms with Crippen molar-refractivity contribution in [2.24, 2.45) is 7.05 Å². The van der Waals surface area contributed by atoms with E-state index in [1.807, 2.05) is 42.8 Å². The number of nitrogens with one attached hydrogen (secondary N) is 1. The first-order valence-electron chi connectivity index (χ1n) is 7.66. The lowest BCUT2D eigenvalue weighted by molar-refractivity contribution is 0.102. The lowest BCUT2D eigenvalue weighted by atomic mass is 10.1. The molecule has 0 fully saturated rings. The summed E-state index contributed by atoms with van der Waals surface area (Å²) in [7, 11) is 1.88. The largest absolute Gasteiger partial charge is 0.494 e. The Labute approximate surface area is 140 Å². The summed E-state index contributed by atoms with van der Waals surface area (Å²) in [5.74, 6) is 1.32. The highest BCUT2D eigenvalue weighted by atomic mass is 16.5. The predicted molar refractivity (Wildman–Crippen MR) is 92.0 cm³/mol. The highest BCUT2D eigenvalue weighted by Gasteiger charge is 2.09. The summed E-state index contributed by atoms with van der Waals surface area (Å²) >= 11 is 0. The molecule has 122 valence electrons. The predicted octanol–water partition coefficient (Wildman–Crippen LogP) is 3.13. The van der Waals surface area contributed by atoms with Crippen molar-refractivity contribution < 1.29 is 9.53 Å². The van der Waals surface area contributed by atoms with Gasteiger partial charge in [-0.3, -0.25) is 4.79 Å². The van der Waals surface area contributed by atoms with Crippen molar-refractivity contribution in [2.45, 2.75) is 6.92 Å². The molecule has 0 spiro atoms.